The highest BCUT2D eigenvalue weighted by atomic mass is 16.3. The Bertz CT molecular complexity index is 427. The van der Waals surface area contributed by atoms with Crippen LogP contribution in [0.5, 0.6) is 0 Å². The summed E-state index contributed by atoms with van der Waals surface area (Å²) in [7, 11) is 0. The molecule has 1 aliphatic rings. The largest absolute Gasteiger partial charge is 0.374 e. The zero-order valence-corrected chi connectivity index (χ0v) is 12.7. The maximum atomic E-state index is 10.6. The summed E-state index contributed by atoms with van der Waals surface area (Å²) >= 11 is 0. The topological polar surface area (TPSA) is 23.5 Å². The molecule has 1 heterocycles. The van der Waals surface area contributed by atoms with Gasteiger partial charge in [0, 0.05) is 17.1 Å². The van der Waals surface area contributed by atoms with E-state index < -0.39 is 0 Å². The van der Waals surface area contributed by atoms with Crippen LogP contribution in [0.25, 0.3) is 0 Å². The molecule has 0 saturated heterocycles. The zero-order chi connectivity index (χ0) is 14.0. The van der Waals surface area contributed by atoms with Crippen LogP contribution in [0.15, 0.2) is 24.3 Å². The maximum absolute atomic E-state index is 10.6. The molecular weight excluding hydrogens is 234 g/mol. The molecule has 1 aromatic carbocycles. The molecule has 0 aromatic heterocycles. The number of rotatable bonds is 5. The Balaban J connectivity index is 2.22. The number of benzene rings is 1. The lowest BCUT2D eigenvalue weighted by molar-refractivity contribution is 0.142. The van der Waals surface area contributed by atoms with Gasteiger partial charge in [-0.15, -0.1) is 0 Å². The minimum Gasteiger partial charge on any atom is -0.374 e. The van der Waals surface area contributed by atoms with Gasteiger partial charge in [0.2, 0.25) is 0 Å². The van der Waals surface area contributed by atoms with Crippen LogP contribution in [0.1, 0.15) is 58.9 Å². The fraction of sp³-hybridized carbons (Fsp3) is 0.647. The van der Waals surface area contributed by atoms with Gasteiger partial charge < -0.3 is 10.0 Å². The lowest BCUT2D eigenvalue weighted by Crippen LogP contribution is -2.45. The minimum atomic E-state index is -0.357. The van der Waals surface area contributed by atoms with Gasteiger partial charge in [0.15, 0.2) is 0 Å². The van der Waals surface area contributed by atoms with E-state index in [0.717, 1.165) is 12.8 Å². The van der Waals surface area contributed by atoms with Crippen LogP contribution in [-0.4, -0.2) is 17.4 Å². The van der Waals surface area contributed by atoms with Crippen molar-refractivity contribution in [3.63, 3.8) is 0 Å². The molecule has 0 radical (unpaired) electrons. The van der Waals surface area contributed by atoms with Crippen molar-refractivity contribution in [1.82, 2.24) is 0 Å². The molecule has 19 heavy (non-hydrogen) atoms. The third kappa shape index (κ3) is 2.51. The number of aliphatic hydroxyl groups excluding tert-OH is 1. The number of unbranched alkanes of at least 4 members (excludes halogenated alkanes) is 2. The zero-order valence-electron chi connectivity index (χ0n) is 12.7. The van der Waals surface area contributed by atoms with Crippen molar-refractivity contribution in [2.45, 2.75) is 71.1 Å². The van der Waals surface area contributed by atoms with Gasteiger partial charge in [0.1, 0.15) is 6.23 Å². The molecule has 0 saturated carbocycles. The fourth-order valence-corrected chi connectivity index (χ4v) is 3.16. The van der Waals surface area contributed by atoms with Crippen molar-refractivity contribution in [2.24, 2.45) is 0 Å². The standard InChI is InChI=1S/C17H27NO/c1-5-6-7-12-16(19)18-13(2)17(3,4)14-10-8-9-11-15(14)18/h8-11,13,16,19H,5-7,12H2,1-4H3. The van der Waals surface area contributed by atoms with Crippen molar-refractivity contribution in [1.29, 1.82) is 0 Å². The van der Waals surface area contributed by atoms with Crippen molar-refractivity contribution in [3.05, 3.63) is 29.8 Å². The fourth-order valence-electron chi connectivity index (χ4n) is 3.16. The summed E-state index contributed by atoms with van der Waals surface area (Å²) in [6.07, 6.45) is 4.00. The van der Waals surface area contributed by atoms with Crippen LogP contribution in [0.3, 0.4) is 0 Å². The summed E-state index contributed by atoms with van der Waals surface area (Å²) in [6, 6.07) is 8.84. The second-order valence-electron chi connectivity index (χ2n) is 6.30. The Morgan fingerprint density at radius 1 is 1.26 bits per heavy atom. The quantitative estimate of drug-likeness (QED) is 0.808. The molecule has 2 rings (SSSR count). The van der Waals surface area contributed by atoms with E-state index in [1.807, 2.05) is 0 Å². The van der Waals surface area contributed by atoms with E-state index >= 15 is 0 Å². The Morgan fingerprint density at radius 2 is 1.95 bits per heavy atom. The molecule has 1 aliphatic heterocycles. The smallest absolute Gasteiger partial charge is 0.127 e. The van der Waals surface area contributed by atoms with Crippen LogP contribution in [0.4, 0.5) is 5.69 Å². The minimum absolute atomic E-state index is 0.0995. The van der Waals surface area contributed by atoms with E-state index in [-0.39, 0.29) is 11.6 Å². The van der Waals surface area contributed by atoms with Gasteiger partial charge in [-0.25, -0.2) is 0 Å². The van der Waals surface area contributed by atoms with E-state index in [4.69, 9.17) is 0 Å². The summed E-state index contributed by atoms with van der Waals surface area (Å²) in [6.45, 7) is 8.97. The van der Waals surface area contributed by atoms with Crippen molar-refractivity contribution < 1.29 is 5.11 Å². The maximum Gasteiger partial charge on any atom is 0.127 e. The molecule has 2 atom stereocenters. The lowest BCUT2D eigenvalue weighted by Gasteiger charge is -2.35. The van der Waals surface area contributed by atoms with Crippen molar-refractivity contribution in [2.75, 3.05) is 4.90 Å². The average Bonchev–Trinajstić information content (AvgIpc) is 2.59. The molecule has 1 N–H and O–H groups in total. The second kappa shape index (κ2) is 5.54. The second-order valence-corrected chi connectivity index (χ2v) is 6.30. The van der Waals surface area contributed by atoms with Gasteiger partial charge in [-0.2, -0.15) is 0 Å². The molecule has 0 amide bonds. The molecule has 2 nitrogen and oxygen atoms in total. The van der Waals surface area contributed by atoms with Gasteiger partial charge in [-0.05, 0) is 31.4 Å². The molecule has 0 aliphatic carbocycles. The Morgan fingerprint density at radius 3 is 2.63 bits per heavy atom. The molecule has 106 valence electrons. The van der Waals surface area contributed by atoms with Crippen LogP contribution in [0, 0.1) is 0 Å². The summed E-state index contributed by atoms with van der Waals surface area (Å²) in [5.74, 6) is 0. The molecule has 1 aromatic rings. The Labute approximate surface area is 117 Å². The number of fused-ring (bicyclic) bond motifs is 1. The average molecular weight is 261 g/mol. The first-order chi connectivity index (χ1) is 9.00. The first-order valence-corrected chi connectivity index (χ1v) is 7.56. The van der Waals surface area contributed by atoms with Gasteiger partial charge in [-0.3, -0.25) is 0 Å². The molecule has 0 spiro atoms. The predicted octanol–water partition coefficient (Wildman–Crippen LogP) is 4.07. The molecule has 0 bridgehead atoms. The summed E-state index contributed by atoms with van der Waals surface area (Å²) in [5, 5.41) is 10.6. The normalized spacial score (nSPS) is 22.4. The summed E-state index contributed by atoms with van der Waals surface area (Å²) in [5.41, 5.74) is 2.67. The highest BCUT2D eigenvalue weighted by Crippen LogP contribution is 2.45. The van der Waals surface area contributed by atoms with Crippen molar-refractivity contribution >= 4 is 5.69 Å². The summed E-state index contributed by atoms with van der Waals surface area (Å²) < 4.78 is 0. The number of hydrogen-bond donors (Lipinski definition) is 1. The number of hydrogen-bond acceptors (Lipinski definition) is 2. The Kier molecular flexibility index (Phi) is 4.19. The SMILES string of the molecule is CCCCCC(O)N1c2ccccc2C(C)(C)C1C. The van der Waals surface area contributed by atoms with Crippen molar-refractivity contribution in [3.8, 4) is 0 Å². The third-order valence-corrected chi connectivity index (χ3v) is 4.73. The van der Waals surface area contributed by atoms with E-state index in [1.165, 1.54) is 24.1 Å². The summed E-state index contributed by atoms with van der Waals surface area (Å²) in [4.78, 5) is 2.21. The highest BCUT2D eigenvalue weighted by Gasteiger charge is 2.43. The molecule has 2 heteroatoms. The van der Waals surface area contributed by atoms with Crippen LogP contribution in [0.2, 0.25) is 0 Å². The number of anilines is 1. The monoisotopic (exact) mass is 261 g/mol. The van der Waals surface area contributed by atoms with Gasteiger partial charge in [-0.1, -0.05) is 51.8 Å². The molecule has 2 unspecified atom stereocenters. The predicted molar refractivity (Wildman–Crippen MR) is 81.6 cm³/mol. The Hall–Kier alpha value is -1.02. The van der Waals surface area contributed by atoms with Gasteiger partial charge in [0.25, 0.3) is 0 Å². The van der Waals surface area contributed by atoms with E-state index in [1.54, 1.807) is 0 Å². The first-order valence-electron chi connectivity index (χ1n) is 7.56. The van der Waals surface area contributed by atoms with E-state index in [0.29, 0.717) is 6.04 Å². The van der Waals surface area contributed by atoms with Gasteiger partial charge in [0.05, 0.1) is 0 Å². The van der Waals surface area contributed by atoms with Crippen LogP contribution >= 0.6 is 0 Å². The van der Waals surface area contributed by atoms with Gasteiger partial charge >= 0.3 is 0 Å². The number of para-hydroxylation sites is 1. The molecule has 0 fully saturated rings. The third-order valence-electron chi connectivity index (χ3n) is 4.73. The first kappa shape index (κ1) is 14.4. The number of nitrogens with zero attached hydrogens (tertiary/aromatic N) is 1. The number of aliphatic hydroxyl groups is 1. The van der Waals surface area contributed by atoms with Crippen LogP contribution in [-0.2, 0) is 5.41 Å². The lowest BCUT2D eigenvalue weighted by atomic mass is 9.81. The highest BCUT2D eigenvalue weighted by molar-refractivity contribution is 5.64. The van der Waals surface area contributed by atoms with E-state index in [2.05, 4.69) is 56.9 Å². The molecular formula is C17H27NO. The van der Waals surface area contributed by atoms with Crippen LogP contribution < -0.4 is 4.90 Å². The van der Waals surface area contributed by atoms with E-state index in [9.17, 15) is 5.11 Å².